The quantitative estimate of drug-likeness (QED) is 0.782. The molecule has 0 aliphatic carbocycles. The highest BCUT2D eigenvalue weighted by molar-refractivity contribution is 7.85. The molecular weight excluding hydrogens is 278 g/mol. The third kappa shape index (κ3) is 5.55. The summed E-state index contributed by atoms with van der Waals surface area (Å²) in [6.07, 6.45) is 1.09. The Morgan fingerprint density at radius 3 is 2.33 bits per heavy atom. The van der Waals surface area contributed by atoms with Gasteiger partial charge in [0.2, 0.25) is 0 Å². The molecule has 0 bridgehead atoms. The molecule has 120 valence electrons. The summed E-state index contributed by atoms with van der Waals surface area (Å²) in [7, 11) is -0.803. The second kappa shape index (κ2) is 8.70. The van der Waals surface area contributed by atoms with Crippen LogP contribution in [0.3, 0.4) is 0 Å². The fourth-order valence-electron chi connectivity index (χ4n) is 2.19. The van der Waals surface area contributed by atoms with E-state index < -0.39 is 10.8 Å². The SMILES string of the molecule is CCCNC(CS(=O)C(C)C(C)C)c1ccc(C)c(C)c1. The van der Waals surface area contributed by atoms with Crippen molar-refractivity contribution in [1.82, 2.24) is 5.32 Å². The molecule has 3 unspecified atom stereocenters. The van der Waals surface area contributed by atoms with Crippen molar-refractivity contribution in [3.05, 3.63) is 34.9 Å². The van der Waals surface area contributed by atoms with E-state index in [0.717, 1.165) is 13.0 Å². The molecular formula is C18H31NOS. The molecule has 0 amide bonds. The summed E-state index contributed by atoms with van der Waals surface area (Å²) in [4.78, 5) is 0. The van der Waals surface area contributed by atoms with E-state index >= 15 is 0 Å². The van der Waals surface area contributed by atoms with Gasteiger partial charge in [-0.3, -0.25) is 4.21 Å². The highest BCUT2D eigenvalue weighted by Crippen LogP contribution is 2.20. The predicted molar refractivity (Wildman–Crippen MR) is 94.3 cm³/mol. The number of rotatable bonds is 8. The molecule has 0 fully saturated rings. The Hall–Kier alpha value is -0.670. The molecule has 1 aromatic rings. The van der Waals surface area contributed by atoms with Gasteiger partial charge in [-0.25, -0.2) is 0 Å². The predicted octanol–water partition coefficient (Wildman–Crippen LogP) is 4.14. The molecule has 0 saturated carbocycles. The Bertz CT molecular complexity index is 470. The number of benzene rings is 1. The first kappa shape index (κ1) is 18.4. The normalized spacial score (nSPS) is 16.0. The summed E-state index contributed by atoms with van der Waals surface area (Å²) in [5, 5.41) is 3.80. The van der Waals surface area contributed by atoms with Crippen molar-refractivity contribution in [3.8, 4) is 0 Å². The molecule has 0 heterocycles. The molecule has 0 spiro atoms. The van der Waals surface area contributed by atoms with Crippen LogP contribution in [0.2, 0.25) is 0 Å². The van der Waals surface area contributed by atoms with Crippen LogP contribution in [-0.4, -0.2) is 21.8 Å². The zero-order valence-electron chi connectivity index (χ0n) is 14.4. The van der Waals surface area contributed by atoms with Crippen LogP contribution in [0.1, 0.15) is 56.8 Å². The number of hydrogen-bond acceptors (Lipinski definition) is 2. The maximum Gasteiger partial charge on any atom is 0.0437 e. The standard InChI is InChI=1S/C18H31NOS/c1-7-10-19-18(12-21(20)16(6)13(2)3)17-9-8-14(4)15(5)11-17/h8-9,11,13,16,18-19H,7,10,12H2,1-6H3. The summed E-state index contributed by atoms with van der Waals surface area (Å²) in [5.41, 5.74) is 3.87. The lowest BCUT2D eigenvalue weighted by molar-refractivity contribution is 0.558. The highest BCUT2D eigenvalue weighted by Gasteiger charge is 2.20. The van der Waals surface area contributed by atoms with Gasteiger partial charge in [0.25, 0.3) is 0 Å². The topological polar surface area (TPSA) is 29.1 Å². The van der Waals surface area contributed by atoms with Gasteiger partial charge in [0.15, 0.2) is 0 Å². The lowest BCUT2D eigenvalue weighted by Crippen LogP contribution is -2.31. The highest BCUT2D eigenvalue weighted by atomic mass is 32.2. The molecule has 1 rings (SSSR count). The Balaban J connectivity index is 2.89. The van der Waals surface area contributed by atoms with Gasteiger partial charge >= 0.3 is 0 Å². The third-order valence-corrected chi connectivity index (χ3v) is 6.29. The Morgan fingerprint density at radius 2 is 1.81 bits per heavy atom. The maximum atomic E-state index is 12.6. The van der Waals surface area contributed by atoms with E-state index in [4.69, 9.17) is 0 Å². The molecule has 1 aromatic carbocycles. The van der Waals surface area contributed by atoms with Crippen molar-refractivity contribution in [2.75, 3.05) is 12.3 Å². The smallest absolute Gasteiger partial charge is 0.0437 e. The second-order valence-corrected chi connectivity index (χ2v) is 8.19. The minimum Gasteiger partial charge on any atom is -0.309 e. The Morgan fingerprint density at radius 1 is 1.14 bits per heavy atom. The van der Waals surface area contributed by atoms with Gasteiger partial charge in [0.1, 0.15) is 0 Å². The van der Waals surface area contributed by atoms with E-state index in [9.17, 15) is 4.21 Å². The molecule has 21 heavy (non-hydrogen) atoms. The summed E-state index contributed by atoms with van der Waals surface area (Å²) >= 11 is 0. The molecule has 1 N–H and O–H groups in total. The van der Waals surface area contributed by atoms with Crippen molar-refractivity contribution < 1.29 is 4.21 Å². The summed E-state index contributed by atoms with van der Waals surface area (Å²) in [5.74, 6) is 1.15. The van der Waals surface area contributed by atoms with Gasteiger partial charge in [0, 0.05) is 27.8 Å². The van der Waals surface area contributed by atoms with E-state index in [0.29, 0.717) is 11.7 Å². The van der Waals surface area contributed by atoms with Gasteiger partial charge in [0.05, 0.1) is 0 Å². The minimum atomic E-state index is -0.803. The van der Waals surface area contributed by atoms with Gasteiger partial charge in [-0.05, 0) is 49.4 Å². The van der Waals surface area contributed by atoms with Crippen molar-refractivity contribution >= 4 is 10.8 Å². The third-order valence-electron chi connectivity index (χ3n) is 4.26. The van der Waals surface area contributed by atoms with Gasteiger partial charge in [-0.15, -0.1) is 0 Å². The zero-order chi connectivity index (χ0) is 16.0. The Kier molecular flexibility index (Phi) is 7.61. The van der Waals surface area contributed by atoms with E-state index in [2.05, 4.69) is 65.1 Å². The first-order valence-electron chi connectivity index (χ1n) is 8.04. The van der Waals surface area contributed by atoms with Crippen LogP contribution in [0.4, 0.5) is 0 Å². The van der Waals surface area contributed by atoms with Crippen LogP contribution < -0.4 is 5.32 Å². The van der Waals surface area contributed by atoms with Crippen LogP contribution in [0.15, 0.2) is 18.2 Å². The van der Waals surface area contributed by atoms with E-state index in [-0.39, 0.29) is 11.3 Å². The lowest BCUT2D eigenvalue weighted by atomic mass is 10.0. The van der Waals surface area contributed by atoms with Crippen molar-refractivity contribution in [3.63, 3.8) is 0 Å². The fourth-order valence-corrected chi connectivity index (χ4v) is 3.74. The van der Waals surface area contributed by atoms with Crippen molar-refractivity contribution in [2.45, 2.75) is 59.3 Å². The van der Waals surface area contributed by atoms with E-state index in [1.165, 1.54) is 16.7 Å². The number of hydrogen-bond donors (Lipinski definition) is 1. The second-order valence-electron chi connectivity index (χ2n) is 6.35. The monoisotopic (exact) mass is 309 g/mol. The molecule has 0 aromatic heterocycles. The van der Waals surface area contributed by atoms with Crippen molar-refractivity contribution in [1.29, 1.82) is 0 Å². The van der Waals surface area contributed by atoms with Crippen LogP contribution in [0.5, 0.6) is 0 Å². The van der Waals surface area contributed by atoms with Crippen LogP contribution >= 0.6 is 0 Å². The average molecular weight is 310 g/mol. The zero-order valence-corrected chi connectivity index (χ0v) is 15.2. The molecule has 0 radical (unpaired) electrons. The van der Waals surface area contributed by atoms with Crippen LogP contribution in [-0.2, 0) is 10.8 Å². The van der Waals surface area contributed by atoms with Crippen molar-refractivity contribution in [2.24, 2.45) is 5.92 Å². The lowest BCUT2D eigenvalue weighted by Gasteiger charge is -2.23. The van der Waals surface area contributed by atoms with Gasteiger partial charge in [-0.2, -0.15) is 0 Å². The summed E-state index contributed by atoms with van der Waals surface area (Å²) in [6, 6.07) is 6.76. The Labute approximate surface area is 133 Å². The number of nitrogens with one attached hydrogen (secondary N) is 1. The molecule has 3 atom stereocenters. The van der Waals surface area contributed by atoms with E-state index in [1.54, 1.807) is 0 Å². The average Bonchev–Trinajstić information content (AvgIpc) is 2.45. The van der Waals surface area contributed by atoms with Crippen LogP contribution in [0, 0.1) is 19.8 Å². The largest absolute Gasteiger partial charge is 0.309 e. The molecule has 0 aliphatic rings. The number of aryl methyl sites for hydroxylation is 2. The first-order valence-corrected chi connectivity index (χ1v) is 9.42. The van der Waals surface area contributed by atoms with E-state index in [1.807, 2.05) is 0 Å². The first-order chi connectivity index (χ1) is 9.86. The maximum absolute atomic E-state index is 12.6. The fraction of sp³-hybridized carbons (Fsp3) is 0.667. The van der Waals surface area contributed by atoms with Crippen LogP contribution in [0.25, 0.3) is 0 Å². The summed E-state index contributed by atoms with van der Waals surface area (Å²) < 4.78 is 12.6. The molecule has 2 nitrogen and oxygen atoms in total. The van der Waals surface area contributed by atoms with Gasteiger partial charge in [-0.1, -0.05) is 45.9 Å². The molecule has 0 aliphatic heterocycles. The van der Waals surface area contributed by atoms with Gasteiger partial charge < -0.3 is 5.32 Å². The molecule has 0 saturated heterocycles. The molecule has 3 heteroatoms. The minimum absolute atomic E-state index is 0.186. The summed E-state index contributed by atoms with van der Waals surface area (Å²) in [6.45, 7) is 13.8.